The average molecular weight is 209 g/mol. The predicted octanol–water partition coefficient (Wildman–Crippen LogP) is 2.80. The van der Waals surface area contributed by atoms with Crippen molar-refractivity contribution in [3.63, 3.8) is 0 Å². The molecular formula is C12H16FNO. The number of hydrogen-bond acceptors (Lipinski definition) is 2. The molecule has 15 heavy (non-hydrogen) atoms. The molecule has 0 radical (unpaired) electrons. The fourth-order valence-corrected chi connectivity index (χ4v) is 1.50. The summed E-state index contributed by atoms with van der Waals surface area (Å²) < 4.78 is 18.6. The van der Waals surface area contributed by atoms with Crippen molar-refractivity contribution in [2.24, 2.45) is 5.73 Å². The third kappa shape index (κ3) is 2.80. The third-order valence-corrected chi connectivity index (χ3v) is 2.29. The van der Waals surface area contributed by atoms with Gasteiger partial charge < -0.3 is 10.5 Å². The minimum atomic E-state index is -0.348. The molecule has 1 atom stereocenters. The van der Waals surface area contributed by atoms with Crippen molar-refractivity contribution in [3.05, 3.63) is 42.2 Å². The molecule has 0 unspecified atom stereocenters. The van der Waals surface area contributed by atoms with Crippen LogP contribution >= 0.6 is 0 Å². The second-order valence-electron chi connectivity index (χ2n) is 3.33. The number of ether oxygens (including phenoxy) is 1. The number of halogens is 1. The van der Waals surface area contributed by atoms with E-state index in [0.717, 1.165) is 6.42 Å². The summed E-state index contributed by atoms with van der Waals surface area (Å²) in [5, 5.41) is 0. The molecule has 0 saturated carbocycles. The van der Waals surface area contributed by atoms with Crippen LogP contribution in [-0.2, 0) is 0 Å². The molecule has 0 aliphatic heterocycles. The minimum Gasteiger partial charge on any atom is -0.496 e. The molecular weight excluding hydrogens is 193 g/mol. The van der Waals surface area contributed by atoms with Crippen LogP contribution in [0.4, 0.5) is 4.39 Å². The van der Waals surface area contributed by atoms with Crippen molar-refractivity contribution in [2.45, 2.75) is 18.9 Å². The quantitative estimate of drug-likeness (QED) is 0.757. The molecule has 82 valence electrons. The van der Waals surface area contributed by atoms with Crippen molar-refractivity contribution in [1.82, 2.24) is 0 Å². The van der Waals surface area contributed by atoms with E-state index in [0.29, 0.717) is 17.7 Å². The summed E-state index contributed by atoms with van der Waals surface area (Å²) in [7, 11) is 1.51. The topological polar surface area (TPSA) is 35.2 Å². The number of hydrogen-bond donors (Lipinski definition) is 1. The Kier molecular flexibility index (Phi) is 4.31. The molecule has 2 N–H and O–H groups in total. The maximum absolute atomic E-state index is 13.5. The lowest BCUT2D eigenvalue weighted by molar-refractivity contribution is 0.397. The molecule has 0 aromatic heterocycles. The fourth-order valence-electron chi connectivity index (χ4n) is 1.50. The molecule has 0 heterocycles. The molecule has 0 fully saturated rings. The van der Waals surface area contributed by atoms with Gasteiger partial charge in [0.1, 0.15) is 11.6 Å². The van der Waals surface area contributed by atoms with Gasteiger partial charge in [0.15, 0.2) is 0 Å². The van der Waals surface area contributed by atoms with Crippen LogP contribution < -0.4 is 10.5 Å². The maximum Gasteiger partial charge on any atom is 0.131 e. The van der Waals surface area contributed by atoms with Crippen molar-refractivity contribution in [1.29, 1.82) is 0 Å². The Morgan fingerprint density at radius 1 is 1.60 bits per heavy atom. The summed E-state index contributed by atoms with van der Waals surface area (Å²) in [6, 6.07) is 4.37. The molecule has 1 rings (SSSR count). The van der Waals surface area contributed by atoms with Gasteiger partial charge in [0.2, 0.25) is 0 Å². The first kappa shape index (κ1) is 11.7. The second-order valence-corrected chi connectivity index (χ2v) is 3.33. The van der Waals surface area contributed by atoms with Crippen molar-refractivity contribution < 1.29 is 9.13 Å². The number of allylic oxidation sites excluding steroid dienone is 1. The standard InChI is InChI=1S/C12H16FNO/c1-3-4-7-10(14)12-9(13)6-5-8-11(12)15-2/h3,5-6,8,10H,1,4,7,14H2,2H3/t10-/m0/s1. The lowest BCUT2D eigenvalue weighted by Gasteiger charge is -2.15. The molecule has 1 aromatic carbocycles. The summed E-state index contributed by atoms with van der Waals surface area (Å²) >= 11 is 0. The number of benzene rings is 1. The van der Waals surface area contributed by atoms with Gasteiger partial charge >= 0.3 is 0 Å². The van der Waals surface area contributed by atoms with Crippen LogP contribution in [0.3, 0.4) is 0 Å². The molecule has 0 aliphatic rings. The van der Waals surface area contributed by atoms with E-state index in [-0.39, 0.29) is 11.9 Å². The Balaban J connectivity index is 2.94. The van der Waals surface area contributed by atoms with Gasteiger partial charge in [-0.2, -0.15) is 0 Å². The van der Waals surface area contributed by atoms with Crippen molar-refractivity contribution in [3.8, 4) is 5.75 Å². The van der Waals surface area contributed by atoms with E-state index in [1.54, 1.807) is 18.2 Å². The molecule has 3 heteroatoms. The van der Waals surface area contributed by atoms with Crippen molar-refractivity contribution in [2.75, 3.05) is 7.11 Å². The molecule has 0 saturated heterocycles. The average Bonchev–Trinajstić information content (AvgIpc) is 2.25. The van der Waals surface area contributed by atoms with Gasteiger partial charge in [0.05, 0.1) is 7.11 Å². The summed E-state index contributed by atoms with van der Waals surface area (Å²) in [5.74, 6) is 0.192. The smallest absolute Gasteiger partial charge is 0.131 e. The number of rotatable bonds is 5. The van der Waals surface area contributed by atoms with Crippen LogP contribution in [0.2, 0.25) is 0 Å². The first-order valence-electron chi connectivity index (χ1n) is 4.89. The number of nitrogens with two attached hydrogens (primary N) is 1. The molecule has 1 aromatic rings. The maximum atomic E-state index is 13.5. The first-order valence-corrected chi connectivity index (χ1v) is 4.89. The Morgan fingerprint density at radius 3 is 2.93 bits per heavy atom. The van der Waals surface area contributed by atoms with Crippen LogP contribution in [0.5, 0.6) is 5.75 Å². The summed E-state index contributed by atoms with van der Waals surface area (Å²) in [5.41, 5.74) is 6.34. The normalized spacial score (nSPS) is 12.2. The third-order valence-electron chi connectivity index (χ3n) is 2.29. The SMILES string of the molecule is C=CCC[C@H](N)c1c(F)cccc1OC. The van der Waals surface area contributed by atoms with Crippen LogP contribution in [-0.4, -0.2) is 7.11 Å². The van der Waals surface area contributed by atoms with E-state index >= 15 is 0 Å². The zero-order valence-electron chi connectivity index (χ0n) is 8.87. The van der Waals surface area contributed by atoms with Gasteiger partial charge in [-0.1, -0.05) is 12.1 Å². The monoisotopic (exact) mass is 209 g/mol. The Morgan fingerprint density at radius 2 is 2.33 bits per heavy atom. The molecule has 0 bridgehead atoms. The zero-order valence-corrected chi connectivity index (χ0v) is 8.87. The Bertz CT molecular complexity index is 338. The van der Waals surface area contributed by atoms with E-state index in [4.69, 9.17) is 10.5 Å². The van der Waals surface area contributed by atoms with Crippen molar-refractivity contribution >= 4 is 0 Å². The van der Waals surface area contributed by atoms with E-state index in [1.165, 1.54) is 13.2 Å². The van der Waals surface area contributed by atoms with E-state index in [1.807, 2.05) is 0 Å². The molecule has 0 amide bonds. The highest BCUT2D eigenvalue weighted by atomic mass is 19.1. The number of methoxy groups -OCH3 is 1. The fraction of sp³-hybridized carbons (Fsp3) is 0.333. The van der Waals surface area contributed by atoms with Gasteiger partial charge in [-0.05, 0) is 25.0 Å². The molecule has 0 spiro atoms. The summed E-state index contributed by atoms with van der Waals surface area (Å²) in [6.45, 7) is 3.61. The largest absolute Gasteiger partial charge is 0.496 e. The summed E-state index contributed by atoms with van der Waals surface area (Å²) in [6.07, 6.45) is 3.20. The van der Waals surface area contributed by atoms with Gasteiger partial charge in [0, 0.05) is 11.6 Å². The predicted molar refractivity (Wildman–Crippen MR) is 59.3 cm³/mol. The zero-order chi connectivity index (χ0) is 11.3. The lowest BCUT2D eigenvalue weighted by Crippen LogP contribution is -2.13. The van der Waals surface area contributed by atoms with Gasteiger partial charge in [-0.15, -0.1) is 6.58 Å². The molecule has 0 aliphatic carbocycles. The van der Waals surface area contributed by atoms with Crippen LogP contribution in [0.25, 0.3) is 0 Å². The Hall–Kier alpha value is -1.35. The van der Waals surface area contributed by atoms with Crippen LogP contribution in [0.1, 0.15) is 24.4 Å². The van der Waals surface area contributed by atoms with E-state index < -0.39 is 0 Å². The van der Waals surface area contributed by atoms with Crippen LogP contribution in [0, 0.1) is 5.82 Å². The summed E-state index contributed by atoms with van der Waals surface area (Å²) in [4.78, 5) is 0. The minimum absolute atomic E-state index is 0.314. The van der Waals surface area contributed by atoms with Gasteiger partial charge in [-0.25, -0.2) is 4.39 Å². The van der Waals surface area contributed by atoms with Gasteiger partial charge in [-0.3, -0.25) is 0 Å². The highest BCUT2D eigenvalue weighted by Gasteiger charge is 2.15. The second kappa shape index (κ2) is 5.51. The highest BCUT2D eigenvalue weighted by molar-refractivity contribution is 5.37. The lowest BCUT2D eigenvalue weighted by atomic mass is 10.0. The van der Waals surface area contributed by atoms with Gasteiger partial charge in [0.25, 0.3) is 0 Å². The van der Waals surface area contributed by atoms with E-state index in [2.05, 4.69) is 6.58 Å². The Labute approximate surface area is 89.6 Å². The van der Waals surface area contributed by atoms with E-state index in [9.17, 15) is 4.39 Å². The highest BCUT2D eigenvalue weighted by Crippen LogP contribution is 2.28. The molecule has 2 nitrogen and oxygen atoms in total. The first-order chi connectivity index (χ1) is 7.20. The van der Waals surface area contributed by atoms with Crippen LogP contribution in [0.15, 0.2) is 30.9 Å².